The Labute approximate surface area is 142 Å². The van der Waals surface area contributed by atoms with Crippen molar-refractivity contribution in [2.24, 2.45) is 0 Å². The van der Waals surface area contributed by atoms with Crippen LogP contribution in [0.4, 0.5) is 11.4 Å². The Morgan fingerprint density at radius 2 is 1.83 bits per heavy atom. The zero-order valence-corrected chi connectivity index (χ0v) is 14.0. The van der Waals surface area contributed by atoms with Crippen LogP contribution in [0.2, 0.25) is 0 Å². The number of amides is 1. The molecule has 0 radical (unpaired) electrons. The lowest BCUT2D eigenvalue weighted by atomic mass is 10.1. The van der Waals surface area contributed by atoms with Gasteiger partial charge in [-0.1, -0.05) is 12.1 Å². The third kappa shape index (κ3) is 3.51. The minimum Gasteiger partial charge on any atom is -0.496 e. The van der Waals surface area contributed by atoms with Crippen LogP contribution in [-0.2, 0) is 4.74 Å². The van der Waals surface area contributed by atoms with Gasteiger partial charge in [-0.15, -0.1) is 0 Å². The van der Waals surface area contributed by atoms with Crippen molar-refractivity contribution < 1.29 is 14.3 Å². The van der Waals surface area contributed by atoms with Crippen LogP contribution in [0, 0.1) is 6.92 Å². The normalized spacial score (nSPS) is 14.3. The first kappa shape index (κ1) is 16.3. The summed E-state index contributed by atoms with van der Waals surface area (Å²) in [5.74, 6) is 0.439. The molecule has 0 atom stereocenters. The molecule has 0 bridgehead atoms. The first-order chi connectivity index (χ1) is 11.7. The summed E-state index contributed by atoms with van der Waals surface area (Å²) in [7, 11) is 1.58. The first-order valence-electron chi connectivity index (χ1n) is 8.07. The van der Waals surface area contributed by atoms with E-state index in [-0.39, 0.29) is 5.91 Å². The number of methoxy groups -OCH3 is 1. The molecule has 0 saturated carbocycles. The first-order valence-corrected chi connectivity index (χ1v) is 8.07. The van der Waals surface area contributed by atoms with Gasteiger partial charge >= 0.3 is 0 Å². The van der Waals surface area contributed by atoms with Gasteiger partial charge in [0.2, 0.25) is 0 Å². The smallest absolute Gasteiger partial charge is 0.259 e. The lowest BCUT2D eigenvalue weighted by Crippen LogP contribution is -2.36. The van der Waals surface area contributed by atoms with Gasteiger partial charge in [0.15, 0.2) is 0 Å². The van der Waals surface area contributed by atoms with Crippen molar-refractivity contribution in [2.45, 2.75) is 6.92 Å². The maximum Gasteiger partial charge on any atom is 0.259 e. The summed E-state index contributed by atoms with van der Waals surface area (Å²) in [5.41, 5.74) is 3.38. The monoisotopic (exact) mass is 326 g/mol. The molecule has 1 fully saturated rings. The van der Waals surface area contributed by atoms with E-state index in [0.717, 1.165) is 43.2 Å². The van der Waals surface area contributed by atoms with Gasteiger partial charge in [0.25, 0.3) is 5.91 Å². The van der Waals surface area contributed by atoms with Gasteiger partial charge in [0.05, 0.1) is 25.9 Å². The molecule has 126 valence electrons. The molecule has 2 aromatic carbocycles. The Bertz CT molecular complexity index is 707. The number of hydrogen-bond donors (Lipinski definition) is 1. The van der Waals surface area contributed by atoms with Crippen molar-refractivity contribution in [1.29, 1.82) is 0 Å². The van der Waals surface area contributed by atoms with Gasteiger partial charge in [0, 0.05) is 24.5 Å². The molecule has 1 heterocycles. The van der Waals surface area contributed by atoms with E-state index in [1.54, 1.807) is 13.2 Å². The van der Waals surface area contributed by atoms with E-state index in [9.17, 15) is 4.79 Å². The number of benzene rings is 2. The van der Waals surface area contributed by atoms with Crippen LogP contribution in [0.1, 0.15) is 15.9 Å². The summed E-state index contributed by atoms with van der Waals surface area (Å²) in [4.78, 5) is 14.8. The maximum atomic E-state index is 12.5. The molecule has 24 heavy (non-hydrogen) atoms. The molecule has 0 aromatic heterocycles. The fourth-order valence-corrected chi connectivity index (χ4v) is 2.88. The molecule has 0 spiro atoms. The van der Waals surface area contributed by atoms with E-state index < -0.39 is 0 Å². The van der Waals surface area contributed by atoms with E-state index in [4.69, 9.17) is 9.47 Å². The highest BCUT2D eigenvalue weighted by molar-refractivity contribution is 6.06. The Balaban J connectivity index is 1.72. The van der Waals surface area contributed by atoms with Crippen LogP contribution in [0.3, 0.4) is 0 Å². The summed E-state index contributed by atoms with van der Waals surface area (Å²) in [6.45, 7) is 5.22. The van der Waals surface area contributed by atoms with Gasteiger partial charge in [-0.25, -0.2) is 0 Å². The highest BCUT2D eigenvalue weighted by Gasteiger charge is 2.15. The summed E-state index contributed by atoms with van der Waals surface area (Å²) in [5, 5.41) is 2.93. The minimum atomic E-state index is -0.172. The van der Waals surface area contributed by atoms with E-state index in [1.165, 1.54) is 0 Å². The van der Waals surface area contributed by atoms with Crippen LogP contribution >= 0.6 is 0 Å². The van der Waals surface area contributed by atoms with Crippen LogP contribution in [0.25, 0.3) is 0 Å². The maximum absolute atomic E-state index is 12.5. The molecule has 3 rings (SSSR count). The molecule has 5 nitrogen and oxygen atoms in total. The van der Waals surface area contributed by atoms with Crippen LogP contribution in [-0.4, -0.2) is 39.3 Å². The summed E-state index contributed by atoms with van der Waals surface area (Å²) < 4.78 is 10.7. The van der Waals surface area contributed by atoms with Gasteiger partial charge in [0.1, 0.15) is 5.75 Å². The number of para-hydroxylation sites is 1. The Kier molecular flexibility index (Phi) is 5.01. The second-order valence-corrected chi connectivity index (χ2v) is 5.76. The zero-order valence-electron chi connectivity index (χ0n) is 14.0. The number of ether oxygens (including phenoxy) is 2. The largest absolute Gasteiger partial charge is 0.496 e. The standard InChI is InChI=1S/C19H22N2O3/c1-14-4-3-5-17(18(14)23-2)19(22)20-15-6-8-16(9-7-15)21-10-12-24-13-11-21/h3-9H,10-13H2,1-2H3,(H,20,22). The Hall–Kier alpha value is -2.53. The summed E-state index contributed by atoms with van der Waals surface area (Å²) >= 11 is 0. The van der Waals surface area contributed by atoms with Crippen LogP contribution in [0.5, 0.6) is 5.75 Å². The molecule has 0 unspecified atom stereocenters. The Morgan fingerprint density at radius 1 is 1.12 bits per heavy atom. The molecule has 1 aliphatic heterocycles. The number of rotatable bonds is 4. The third-order valence-corrected chi connectivity index (χ3v) is 4.16. The molecule has 0 aliphatic carbocycles. The number of morpholine rings is 1. The zero-order chi connectivity index (χ0) is 16.9. The highest BCUT2D eigenvalue weighted by Crippen LogP contribution is 2.25. The summed E-state index contributed by atoms with van der Waals surface area (Å²) in [6, 6.07) is 13.4. The molecule has 2 aromatic rings. The van der Waals surface area contributed by atoms with E-state index in [2.05, 4.69) is 10.2 Å². The second-order valence-electron chi connectivity index (χ2n) is 5.76. The van der Waals surface area contributed by atoms with Crippen molar-refractivity contribution >= 4 is 17.3 Å². The summed E-state index contributed by atoms with van der Waals surface area (Å²) in [6.07, 6.45) is 0. The average Bonchev–Trinajstić information content (AvgIpc) is 2.63. The van der Waals surface area contributed by atoms with Gasteiger partial charge in [-0.2, -0.15) is 0 Å². The lowest BCUT2D eigenvalue weighted by Gasteiger charge is -2.28. The highest BCUT2D eigenvalue weighted by atomic mass is 16.5. The number of hydrogen-bond acceptors (Lipinski definition) is 4. The molecule has 1 N–H and O–H groups in total. The van der Waals surface area contributed by atoms with Crippen molar-refractivity contribution in [3.8, 4) is 5.75 Å². The van der Waals surface area contributed by atoms with Gasteiger partial charge in [-0.3, -0.25) is 4.79 Å². The number of anilines is 2. The number of carbonyl (C=O) groups excluding carboxylic acids is 1. The molecule has 1 aliphatic rings. The third-order valence-electron chi connectivity index (χ3n) is 4.16. The molecule has 1 amide bonds. The molecule has 5 heteroatoms. The van der Waals surface area contributed by atoms with Crippen molar-refractivity contribution in [3.63, 3.8) is 0 Å². The van der Waals surface area contributed by atoms with E-state index in [0.29, 0.717) is 11.3 Å². The number of nitrogens with one attached hydrogen (secondary N) is 1. The number of aryl methyl sites for hydroxylation is 1. The van der Waals surface area contributed by atoms with Gasteiger partial charge in [-0.05, 0) is 42.8 Å². The van der Waals surface area contributed by atoms with E-state index in [1.807, 2.05) is 43.3 Å². The predicted molar refractivity (Wildman–Crippen MR) is 95.2 cm³/mol. The number of nitrogens with zero attached hydrogens (tertiary/aromatic N) is 1. The van der Waals surface area contributed by atoms with Gasteiger partial charge < -0.3 is 19.7 Å². The topological polar surface area (TPSA) is 50.8 Å². The predicted octanol–water partition coefficient (Wildman–Crippen LogP) is 3.09. The fraction of sp³-hybridized carbons (Fsp3) is 0.316. The molecular formula is C19H22N2O3. The minimum absolute atomic E-state index is 0.172. The van der Waals surface area contributed by atoms with Crippen molar-refractivity contribution in [1.82, 2.24) is 0 Å². The molecule has 1 saturated heterocycles. The van der Waals surface area contributed by atoms with Crippen molar-refractivity contribution in [3.05, 3.63) is 53.6 Å². The lowest BCUT2D eigenvalue weighted by molar-refractivity contribution is 0.102. The molecular weight excluding hydrogens is 304 g/mol. The SMILES string of the molecule is COc1c(C)cccc1C(=O)Nc1ccc(N2CCOCC2)cc1. The fourth-order valence-electron chi connectivity index (χ4n) is 2.88. The quantitative estimate of drug-likeness (QED) is 0.938. The number of carbonyl (C=O) groups is 1. The average molecular weight is 326 g/mol. The van der Waals surface area contributed by atoms with Crippen molar-refractivity contribution in [2.75, 3.05) is 43.6 Å². The van der Waals surface area contributed by atoms with E-state index >= 15 is 0 Å². The second kappa shape index (κ2) is 7.36. The Morgan fingerprint density at radius 3 is 2.50 bits per heavy atom. The van der Waals surface area contributed by atoms with Crippen LogP contribution in [0.15, 0.2) is 42.5 Å². The van der Waals surface area contributed by atoms with Crippen LogP contribution < -0.4 is 15.0 Å².